The Bertz CT molecular complexity index is 288. The van der Waals surface area contributed by atoms with Crippen LogP contribution in [0.2, 0.25) is 0 Å². The van der Waals surface area contributed by atoms with Gasteiger partial charge in [0.1, 0.15) is 0 Å². The first kappa shape index (κ1) is 25.2. The normalized spacial score (nSPS) is 10.0. The van der Waals surface area contributed by atoms with Gasteiger partial charge < -0.3 is 10.9 Å². The van der Waals surface area contributed by atoms with Gasteiger partial charge in [-0.1, -0.05) is 64.7 Å². The van der Waals surface area contributed by atoms with Gasteiger partial charge in [0.25, 0.3) is 0 Å². The molecule has 0 aromatic rings. The van der Waals surface area contributed by atoms with Gasteiger partial charge in [-0.25, -0.2) is 0 Å². The minimum absolute atomic E-state index is 0. The predicted octanol–water partition coefficient (Wildman–Crippen LogP) is 1.91. The number of hydrogen-bond acceptors (Lipinski definition) is 4. The average molecular weight is 338 g/mol. The molecule has 0 rings (SSSR count). The van der Waals surface area contributed by atoms with Crippen molar-refractivity contribution < 1.29 is 50.0 Å². The third-order valence-corrected chi connectivity index (χ3v) is 3.60. The summed E-state index contributed by atoms with van der Waals surface area (Å²) < 4.78 is 9.85. The second-order valence-corrected chi connectivity index (χ2v) is 5.71. The van der Waals surface area contributed by atoms with Crippen molar-refractivity contribution in [2.24, 2.45) is 0 Å². The molecule has 0 fully saturated rings. The van der Waals surface area contributed by atoms with Crippen molar-refractivity contribution in [2.45, 2.75) is 90.9 Å². The minimum Gasteiger partial charge on any atom is -1.00 e. The third kappa shape index (κ3) is 19.9. The topological polar surface area (TPSA) is 52.6 Å². The summed E-state index contributed by atoms with van der Waals surface area (Å²) in [6.45, 7) is 4.82. The van der Waals surface area contributed by atoms with Crippen molar-refractivity contribution in [2.75, 3.05) is 13.2 Å². The van der Waals surface area contributed by atoms with Crippen LogP contribution in [-0.2, 0) is 19.1 Å². The molecule has 0 aliphatic heterocycles. The van der Waals surface area contributed by atoms with E-state index in [-0.39, 0.29) is 55.8 Å². The van der Waals surface area contributed by atoms with Crippen LogP contribution in [-0.4, -0.2) is 25.2 Å². The first-order valence-electron chi connectivity index (χ1n) is 9.02. The number of ether oxygens (including phenoxy) is 2. The SMILES string of the molecule is CCCCCCCCCCCCOC(=O)CCC(=O)OCC.[H-].[Na+]. The smallest absolute Gasteiger partial charge is 1.00 e. The largest absolute Gasteiger partial charge is 1.00 e. The molecule has 0 saturated heterocycles. The molecule has 0 atom stereocenters. The predicted molar refractivity (Wildman–Crippen MR) is 89.8 cm³/mol. The molecule has 132 valence electrons. The van der Waals surface area contributed by atoms with Gasteiger partial charge in [0, 0.05) is 0 Å². The van der Waals surface area contributed by atoms with Crippen LogP contribution >= 0.6 is 0 Å². The summed E-state index contributed by atoms with van der Waals surface area (Å²) in [7, 11) is 0. The fraction of sp³-hybridized carbons (Fsp3) is 0.889. The first-order valence-corrected chi connectivity index (χ1v) is 9.02. The fourth-order valence-electron chi connectivity index (χ4n) is 2.28. The molecule has 5 heteroatoms. The van der Waals surface area contributed by atoms with Crippen molar-refractivity contribution in [1.29, 1.82) is 0 Å². The van der Waals surface area contributed by atoms with E-state index < -0.39 is 0 Å². The molecule has 4 nitrogen and oxygen atoms in total. The molecule has 0 aliphatic carbocycles. The van der Waals surface area contributed by atoms with Gasteiger partial charge in [0.15, 0.2) is 0 Å². The Balaban J connectivity index is -0.00000220. The number of hydrogen-bond donors (Lipinski definition) is 0. The summed E-state index contributed by atoms with van der Waals surface area (Å²) in [4.78, 5) is 22.5. The fourth-order valence-corrected chi connectivity index (χ4v) is 2.28. The van der Waals surface area contributed by atoms with Gasteiger partial charge in [-0.3, -0.25) is 9.59 Å². The number of rotatable bonds is 15. The van der Waals surface area contributed by atoms with Crippen LogP contribution in [0, 0.1) is 0 Å². The standard InChI is InChI=1S/C18H34O4.Na.H/c1-3-5-6-7-8-9-10-11-12-13-16-22-18(20)15-14-17(19)21-4-2;;/h3-16H2,1-2H3;;/q;+1;-1. The van der Waals surface area contributed by atoms with Crippen LogP contribution in [0.3, 0.4) is 0 Å². The third-order valence-electron chi connectivity index (χ3n) is 3.60. The Morgan fingerprint density at radius 3 is 1.61 bits per heavy atom. The maximum Gasteiger partial charge on any atom is 1.00 e. The van der Waals surface area contributed by atoms with Gasteiger partial charge in [0.2, 0.25) is 0 Å². The molecule has 0 aromatic carbocycles. The quantitative estimate of drug-likeness (QED) is 0.260. The average Bonchev–Trinajstić information content (AvgIpc) is 2.51. The van der Waals surface area contributed by atoms with E-state index in [0.29, 0.717) is 13.2 Å². The Kier molecular flexibility index (Phi) is 21.9. The van der Waals surface area contributed by atoms with E-state index in [2.05, 4.69) is 6.92 Å². The van der Waals surface area contributed by atoms with Gasteiger partial charge >= 0.3 is 41.5 Å². The van der Waals surface area contributed by atoms with E-state index >= 15 is 0 Å². The van der Waals surface area contributed by atoms with Crippen LogP contribution in [0.25, 0.3) is 0 Å². The zero-order chi connectivity index (χ0) is 16.5. The van der Waals surface area contributed by atoms with Crippen LogP contribution in [0.1, 0.15) is 92.3 Å². The van der Waals surface area contributed by atoms with Crippen molar-refractivity contribution >= 4 is 11.9 Å². The summed E-state index contributed by atoms with van der Waals surface area (Å²) >= 11 is 0. The van der Waals surface area contributed by atoms with E-state index in [9.17, 15) is 9.59 Å². The number of carbonyl (C=O) groups is 2. The molecule has 0 aromatic heterocycles. The molecular formula is C18H35NaO4. The van der Waals surface area contributed by atoms with Gasteiger partial charge in [-0.05, 0) is 13.3 Å². The number of carbonyl (C=O) groups excluding carboxylic acids is 2. The molecule has 0 aliphatic rings. The Hall–Kier alpha value is -0.0600. The Labute approximate surface area is 165 Å². The Morgan fingerprint density at radius 1 is 0.696 bits per heavy atom. The maximum absolute atomic E-state index is 11.4. The summed E-state index contributed by atoms with van der Waals surface area (Å²) in [5.74, 6) is -0.637. The van der Waals surface area contributed by atoms with E-state index in [1.54, 1.807) is 6.92 Å². The van der Waals surface area contributed by atoms with E-state index in [1.165, 1.54) is 51.4 Å². The van der Waals surface area contributed by atoms with E-state index in [1.807, 2.05) is 0 Å². The molecule has 0 radical (unpaired) electrons. The number of esters is 2. The first-order chi connectivity index (χ1) is 10.7. The maximum atomic E-state index is 11.4. The second-order valence-electron chi connectivity index (χ2n) is 5.71. The zero-order valence-corrected chi connectivity index (χ0v) is 17.5. The summed E-state index contributed by atoms with van der Waals surface area (Å²) in [5, 5.41) is 0. The second kappa shape index (κ2) is 20.0. The molecule has 0 bridgehead atoms. The van der Waals surface area contributed by atoms with Crippen molar-refractivity contribution in [1.82, 2.24) is 0 Å². The molecule has 0 unspecified atom stereocenters. The van der Waals surface area contributed by atoms with Crippen molar-refractivity contribution in [3.63, 3.8) is 0 Å². The van der Waals surface area contributed by atoms with Crippen molar-refractivity contribution in [3.8, 4) is 0 Å². The van der Waals surface area contributed by atoms with Gasteiger partial charge in [0.05, 0.1) is 26.1 Å². The molecule has 0 saturated carbocycles. The van der Waals surface area contributed by atoms with Crippen LogP contribution in [0.15, 0.2) is 0 Å². The van der Waals surface area contributed by atoms with Crippen LogP contribution in [0.4, 0.5) is 0 Å². The Morgan fingerprint density at radius 2 is 1.13 bits per heavy atom. The molecular weight excluding hydrogens is 303 g/mol. The van der Waals surface area contributed by atoms with E-state index in [4.69, 9.17) is 9.47 Å². The molecule has 0 heterocycles. The monoisotopic (exact) mass is 338 g/mol. The zero-order valence-electron chi connectivity index (χ0n) is 16.5. The molecule has 0 amide bonds. The summed E-state index contributed by atoms with van der Waals surface area (Å²) in [6, 6.07) is 0. The molecule has 0 spiro atoms. The number of unbranched alkanes of at least 4 members (excludes halogenated alkanes) is 9. The molecule has 23 heavy (non-hydrogen) atoms. The minimum atomic E-state index is -0.335. The van der Waals surface area contributed by atoms with Crippen molar-refractivity contribution in [3.05, 3.63) is 0 Å². The molecule has 0 N–H and O–H groups in total. The van der Waals surface area contributed by atoms with E-state index in [0.717, 1.165) is 12.8 Å². The van der Waals surface area contributed by atoms with Gasteiger partial charge in [-0.2, -0.15) is 0 Å². The summed E-state index contributed by atoms with van der Waals surface area (Å²) in [5.41, 5.74) is 0. The van der Waals surface area contributed by atoms with Gasteiger partial charge in [-0.15, -0.1) is 0 Å². The van der Waals surface area contributed by atoms with Crippen LogP contribution < -0.4 is 29.6 Å². The van der Waals surface area contributed by atoms with Crippen LogP contribution in [0.5, 0.6) is 0 Å². The summed E-state index contributed by atoms with van der Waals surface area (Å²) in [6.07, 6.45) is 12.8.